The Hall–Kier alpha value is -3.25. The molecule has 2 aromatic carbocycles. The van der Waals surface area contributed by atoms with Crippen LogP contribution in [0.25, 0.3) is 6.08 Å². The van der Waals surface area contributed by atoms with E-state index in [1.807, 2.05) is 31.4 Å². The molecule has 0 unspecified atom stereocenters. The van der Waals surface area contributed by atoms with Crippen molar-refractivity contribution in [2.24, 2.45) is 0 Å². The Morgan fingerprint density at radius 2 is 1.59 bits per heavy atom. The van der Waals surface area contributed by atoms with E-state index in [-0.39, 0.29) is 9.79 Å². The van der Waals surface area contributed by atoms with Gasteiger partial charge in [-0.3, -0.25) is 4.79 Å². The number of hydrogen-bond donors (Lipinski definition) is 1. The zero-order valence-corrected chi connectivity index (χ0v) is 20.5. The molecule has 1 aromatic heterocycles. The van der Waals surface area contributed by atoms with Gasteiger partial charge in [-0.1, -0.05) is 29.8 Å². The number of amides is 1. The molecule has 0 atom stereocenters. The Morgan fingerprint density at radius 1 is 0.971 bits per heavy atom. The summed E-state index contributed by atoms with van der Waals surface area (Å²) in [6.45, 7) is 2.50. The van der Waals surface area contributed by atoms with E-state index in [1.165, 1.54) is 36.7 Å². The molecule has 1 N–H and O–H groups in total. The first-order chi connectivity index (χ1) is 16.0. The summed E-state index contributed by atoms with van der Waals surface area (Å²) in [7, 11) is -4.11. The van der Waals surface area contributed by atoms with Crippen molar-refractivity contribution in [2.45, 2.75) is 23.3 Å². The Kier molecular flexibility index (Phi) is 7.72. The van der Waals surface area contributed by atoms with Gasteiger partial charge in [0, 0.05) is 25.0 Å². The van der Waals surface area contributed by atoms with Crippen LogP contribution in [-0.4, -0.2) is 45.7 Å². The van der Waals surface area contributed by atoms with Crippen LogP contribution in [-0.2, 0) is 35.8 Å². The number of benzene rings is 2. The lowest BCUT2D eigenvalue weighted by Crippen LogP contribution is -2.25. The fourth-order valence-electron chi connectivity index (χ4n) is 2.95. The predicted molar refractivity (Wildman–Crippen MR) is 127 cm³/mol. The number of aromatic nitrogens is 1. The summed E-state index contributed by atoms with van der Waals surface area (Å²) in [5.74, 6) is -0.831. The van der Waals surface area contributed by atoms with Crippen LogP contribution >= 0.6 is 0 Å². The predicted octanol–water partition coefficient (Wildman–Crippen LogP) is 2.55. The number of rotatable bonds is 9. The number of hydroxylamine groups is 1. The molecule has 0 spiro atoms. The summed E-state index contributed by atoms with van der Waals surface area (Å²) in [6, 6.07) is 14.1. The van der Waals surface area contributed by atoms with Gasteiger partial charge in [-0.25, -0.2) is 17.9 Å². The SMILES string of the molecule is Cc1ccc(S(=O)(=O)ONC(=O)/C=C/c2ccn(S(=O)(=O)c3ccc(CN(C)C)cc3)c2)cc1. The molecule has 0 aliphatic carbocycles. The number of nitrogens with zero attached hydrogens (tertiary/aromatic N) is 2. The van der Waals surface area contributed by atoms with Crippen molar-refractivity contribution in [1.82, 2.24) is 14.4 Å². The average Bonchev–Trinajstić information content (AvgIpc) is 3.27. The molecular formula is C23H25N3O6S2. The van der Waals surface area contributed by atoms with Crippen molar-refractivity contribution in [2.75, 3.05) is 14.1 Å². The van der Waals surface area contributed by atoms with Crippen molar-refractivity contribution >= 4 is 32.1 Å². The first kappa shape index (κ1) is 25.4. The van der Waals surface area contributed by atoms with Crippen LogP contribution in [0.2, 0.25) is 0 Å². The maximum absolute atomic E-state index is 12.8. The summed E-state index contributed by atoms with van der Waals surface area (Å²) >= 11 is 0. The standard InChI is InChI=1S/C23H25N3O6S2/c1-18-4-9-22(10-5-18)34(30,31)32-24-23(27)13-8-20-14-15-26(17-20)33(28,29)21-11-6-19(7-12-21)16-25(2)3/h4-15,17H,16H2,1-3H3,(H,24,27)/b13-8+. The topological polar surface area (TPSA) is 115 Å². The number of nitrogens with one attached hydrogen (secondary N) is 1. The highest BCUT2D eigenvalue weighted by molar-refractivity contribution is 7.90. The van der Waals surface area contributed by atoms with Crippen LogP contribution in [0.15, 0.2) is 82.9 Å². The lowest BCUT2D eigenvalue weighted by atomic mass is 10.2. The monoisotopic (exact) mass is 503 g/mol. The second-order valence-corrected chi connectivity index (χ2v) is 11.2. The zero-order valence-electron chi connectivity index (χ0n) is 18.9. The summed E-state index contributed by atoms with van der Waals surface area (Å²) in [5, 5.41) is 0. The molecule has 0 aliphatic heterocycles. The molecule has 0 aliphatic rings. The molecule has 1 heterocycles. The van der Waals surface area contributed by atoms with Gasteiger partial charge in [-0.2, -0.15) is 8.42 Å². The Balaban J connectivity index is 1.63. The first-order valence-corrected chi connectivity index (χ1v) is 13.0. The molecule has 0 saturated carbocycles. The second-order valence-electron chi connectivity index (χ2n) is 7.81. The van der Waals surface area contributed by atoms with Crippen LogP contribution in [0.4, 0.5) is 0 Å². The van der Waals surface area contributed by atoms with Crippen molar-refractivity contribution < 1.29 is 25.9 Å². The average molecular weight is 504 g/mol. The third-order valence-electron chi connectivity index (χ3n) is 4.68. The Labute approximate surface area is 199 Å². The van der Waals surface area contributed by atoms with Crippen LogP contribution in [0, 0.1) is 6.92 Å². The molecule has 180 valence electrons. The summed E-state index contributed by atoms with van der Waals surface area (Å²) in [5.41, 5.74) is 4.13. The van der Waals surface area contributed by atoms with Gasteiger partial charge in [-0.15, -0.1) is 4.28 Å². The molecule has 3 aromatic rings. The third kappa shape index (κ3) is 6.41. The lowest BCUT2D eigenvalue weighted by Gasteiger charge is -2.10. The maximum Gasteiger partial charge on any atom is 0.317 e. The molecule has 0 saturated heterocycles. The van der Waals surface area contributed by atoms with Crippen LogP contribution in [0.3, 0.4) is 0 Å². The minimum Gasteiger partial charge on any atom is -0.305 e. The van der Waals surface area contributed by atoms with Gasteiger partial charge in [-0.05, 0) is 68.6 Å². The summed E-state index contributed by atoms with van der Waals surface area (Å²) < 4.78 is 55.5. The minimum absolute atomic E-state index is 0.0978. The number of carbonyl (C=O) groups excluding carboxylic acids is 1. The number of hydrogen-bond acceptors (Lipinski definition) is 7. The van der Waals surface area contributed by atoms with E-state index in [0.717, 1.165) is 21.2 Å². The van der Waals surface area contributed by atoms with E-state index in [4.69, 9.17) is 0 Å². The van der Waals surface area contributed by atoms with Gasteiger partial charge < -0.3 is 4.90 Å². The molecule has 9 nitrogen and oxygen atoms in total. The van der Waals surface area contributed by atoms with E-state index >= 15 is 0 Å². The summed E-state index contributed by atoms with van der Waals surface area (Å²) in [4.78, 5) is 14.0. The normalized spacial score (nSPS) is 12.4. The molecule has 11 heteroatoms. The first-order valence-electron chi connectivity index (χ1n) is 10.1. The molecule has 0 bridgehead atoms. The molecule has 3 rings (SSSR count). The molecule has 1 amide bonds. The van der Waals surface area contributed by atoms with Crippen LogP contribution in [0.1, 0.15) is 16.7 Å². The lowest BCUT2D eigenvalue weighted by molar-refractivity contribution is -0.122. The number of aryl methyl sites for hydroxylation is 1. The Morgan fingerprint density at radius 3 is 2.21 bits per heavy atom. The highest BCUT2D eigenvalue weighted by Crippen LogP contribution is 2.17. The van der Waals surface area contributed by atoms with E-state index in [1.54, 1.807) is 36.4 Å². The molecule has 0 fully saturated rings. The highest BCUT2D eigenvalue weighted by Gasteiger charge is 2.17. The quantitative estimate of drug-likeness (QED) is 0.352. The van der Waals surface area contributed by atoms with Gasteiger partial charge in [0.15, 0.2) is 0 Å². The van der Waals surface area contributed by atoms with Gasteiger partial charge in [0.1, 0.15) is 0 Å². The fraction of sp³-hybridized carbons (Fsp3) is 0.174. The van der Waals surface area contributed by atoms with Crippen LogP contribution in [0.5, 0.6) is 0 Å². The van der Waals surface area contributed by atoms with Crippen molar-refractivity contribution in [3.63, 3.8) is 0 Å². The second kappa shape index (κ2) is 10.3. The van der Waals surface area contributed by atoms with Gasteiger partial charge in [0.25, 0.3) is 15.9 Å². The van der Waals surface area contributed by atoms with E-state index in [9.17, 15) is 21.6 Å². The van der Waals surface area contributed by atoms with E-state index in [0.29, 0.717) is 12.1 Å². The van der Waals surface area contributed by atoms with Crippen molar-refractivity contribution in [1.29, 1.82) is 0 Å². The highest BCUT2D eigenvalue weighted by atomic mass is 32.2. The molecular weight excluding hydrogens is 478 g/mol. The number of carbonyl (C=O) groups is 1. The van der Waals surface area contributed by atoms with Gasteiger partial charge >= 0.3 is 10.1 Å². The van der Waals surface area contributed by atoms with Crippen molar-refractivity contribution in [3.05, 3.63) is 89.8 Å². The third-order valence-corrected chi connectivity index (χ3v) is 7.48. The minimum atomic E-state index is -4.16. The zero-order chi connectivity index (χ0) is 24.9. The molecule has 0 radical (unpaired) electrons. The summed E-state index contributed by atoms with van der Waals surface area (Å²) in [6.07, 6.45) is 5.08. The smallest absolute Gasteiger partial charge is 0.305 e. The van der Waals surface area contributed by atoms with Gasteiger partial charge in [0.05, 0.1) is 9.79 Å². The van der Waals surface area contributed by atoms with E-state index in [2.05, 4.69) is 4.28 Å². The van der Waals surface area contributed by atoms with Crippen molar-refractivity contribution in [3.8, 4) is 0 Å². The van der Waals surface area contributed by atoms with Gasteiger partial charge in [0.2, 0.25) is 0 Å². The molecule has 34 heavy (non-hydrogen) atoms. The maximum atomic E-state index is 12.8. The van der Waals surface area contributed by atoms with Crippen LogP contribution < -0.4 is 5.48 Å². The Bertz CT molecular complexity index is 1390. The van der Waals surface area contributed by atoms with E-state index < -0.39 is 26.0 Å². The largest absolute Gasteiger partial charge is 0.317 e. The fourth-order valence-corrected chi connectivity index (χ4v) is 4.91.